The lowest BCUT2D eigenvalue weighted by Crippen LogP contribution is -2.30. The van der Waals surface area contributed by atoms with E-state index in [0.717, 1.165) is 25.9 Å². The van der Waals surface area contributed by atoms with Crippen LogP contribution in [0.4, 0.5) is 10.7 Å². The summed E-state index contributed by atoms with van der Waals surface area (Å²) in [5, 5.41) is 0.692. The minimum Gasteiger partial charge on any atom is -0.465 e. The standard InChI is InChI=1S/C12H17N3O3S/c1-18-12(17)7-8(13)9(10(14)16)19-11(7)15-5-3-2-4-6-15/h2-6,13H2,1H3,(H2,14,16). The smallest absolute Gasteiger partial charge is 0.343 e. The summed E-state index contributed by atoms with van der Waals surface area (Å²) in [6.07, 6.45) is 3.29. The second kappa shape index (κ2) is 5.48. The Morgan fingerprint density at radius 2 is 1.89 bits per heavy atom. The molecular weight excluding hydrogens is 266 g/mol. The molecule has 1 aliphatic rings. The number of nitrogen functional groups attached to an aromatic ring is 1. The zero-order valence-electron chi connectivity index (χ0n) is 10.8. The number of methoxy groups -OCH3 is 1. The average Bonchev–Trinajstić information content (AvgIpc) is 2.77. The molecule has 1 fully saturated rings. The first kappa shape index (κ1) is 13.7. The predicted octanol–water partition coefficient (Wildman–Crippen LogP) is 1.21. The average molecular weight is 283 g/mol. The highest BCUT2D eigenvalue weighted by Gasteiger charge is 2.28. The largest absolute Gasteiger partial charge is 0.465 e. The van der Waals surface area contributed by atoms with Crippen molar-refractivity contribution in [3.63, 3.8) is 0 Å². The Morgan fingerprint density at radius 3 is 2.42 bits per heavy atom. The van der Waals surface area contributed by atoms with Gasteiger partial charge in [-0.05, 0) is 19.3 Å². The van der Waals surface area contributed by atoms with E-state index >= 15 is 0 Å². The minimum atomic E-state index is -0.615. The van der Waals surface area contributed by atoms with Crippen LogP contribution in [0, 0.1) is 0 Å². The number of hydrogen-bond donors (Lipinski definition) is 2. The molecule has 4 N–H and O–H groups in total. The first-order valence-corrected chi connectivity index (χ1v) is 6.93. The van der Waals surface area contributed by atoms with Crippen LogP contribution in [-0.2, 0) is 4.74 Å². The van der Waals surface area contributed by atoms with Crippen molar-refractivity contribution in [2.24, 2.45) is 5.73 Å². The molecule has 0 atom stereocenters. The van der Waals surface area contributed by atoms with Crippen LogP contribution in [0.3, 0.4) is 0 Å². The van der Waals surface area contributed by atoms with Crippen LogP contribution in [0.1, 0.15) is 39.3 Å². The van der Waals surface area contributed by atoms with E-state index < -0.39 is 11.9 Å². The number of anilines is 2. The number of ether oxygens (including phenoxy) is 1. The van der Waals surface area contributed by atoms with Crippen LogP contribution in [0.15, 0.2) is 0 Å². The van der Waals surface area contributed by atoms with Crippen molar-refractivity contribution < 1.29 is 14.3 Å². The predicted molar refractivity (Wildman–Crippen MR) is 74.7 cm³/mol. The van der Waals surface area contributed by atoms with E-state index in [1.165, 1.54) is 24.9 Å². The van der Waals surface area contributed by atoms with Crippen molar-refractivity contribution in [1.29, 1.82) is 0 Å². The third-order valence-corrected chi connectivity index (χ3v) is 4.46. The number of primary amides is 1. The molecule has 0 aromatic carbocycles. The van der Waals surface area contributed by atoms with Gasteiger partial charge in [0.2, 0.25) is 0 Å². The molecule has 2 rings (SSSR count). The molecule has 0 bridgehead atoms. The third-order valence-electron chi connectivity index (χ3n) is 3.18. The number of amides is 1. The second-order valence-electron chi connectivity index (χ2n) is 4.43. The van der Waals surface area contributed by atoms with Crippen LogP contribution in [0.2, 0.25) is 0 Å². The first-order valence-electron chi connectivity index (χ1n) is 6.11. The Hall–Kier alpha value is -1.76. The number of carbonyl (C=O) groups is 2. The number of thiophene rings is 1. The summed E-state index contributed by atoms with van der Waals surface area (Å²) in [6.45, 7) is 1.70. The second-order valence-corrected chi connectivity index (χ2v) is 5.43. The van der Waals surface area contributed by atoms with Gasteiger partial charge in [0.25, 0.3) is 5.91 Å². The molecule has 0 saturated carbocycles. The SMILES string of the molecule is COC(=O)c1c(N2CCCCC2)sc(C(N)=O)c1N. The highest BCUT2D eigenvalue weighted by atomic mass is 32.1. The first-order chi connectivity index (χ1) is 9.06. The molecule has 1 aromatic rings. The zero-order chi connectivity index (χ0) is 14.0. The van der Waals surface area contributed by atoms with Gasteiger partial charge in [-0.2, -0.15) is 0 Å². The van der Waals surface area contributed by atoms with Gasteiger partial charge in [0, 0.05) is 13.1 Å². The Bertz CT molecular complexity index is 507. The van der Waals surface area contributed by atoms with Crippen LogP contribution < -0.4 is 16.4 Å². The molecule has 7 heteroatoms. The Morgan fingerprint density at radius 1 is 1.26 bits per heavy atom. The number of hydrogen-bond acceptors (Lipinski definition) is 6. The molecule has 1 aromatic heterocycles. The number of piperidine rings is 1. The Balaban J connectivity index is 2.48. The van der Waals surface area contributed by atoms with E-state index in [4.69, 9.17) is 16.2 Å². The lowest BCUT2D eigenvalue weighted by molar-refractivity contribution is 0.0603. The molecular formula is C12H17N3O3S. The molecule has 2 heterocycles. The molecule has 19 heavy (non-hydrogen) atoms. The summed E-state index contributed by atoms with van der Waals surface area (Å²) in [7, 11) is 1.30. The van der Waals surface area contributed by atoms with Crippen LogP contribution in [-0.4, -0.2) is 32.1 Å². The normalized spacial score (nSPS) is 15.3. The number of esters is 1. The van der Waals surface area contributed by atoms with Gasteiger partial charge in [0.05, 0.1) is 12.8 Å². The van der Waals surface area contributed by atoms with Crippen molar-refractivity contribution in [2.75, 3.05) is 30.8 Å². The summed E-state index contributed by atoms with van der Waals surface area (Å²) in [4.78, 5) is 25.5. The van der Waals surface area contributed by atoms with E-state index in [1.54, 1.807) is 0 Å². The fraction of sp³-hybridized carbons (Fsp3) is 0.500. The molecule has 1 amide bonds. The highest BCUT2D eigenvalue weighted by molar-refractivity contribution is 7.19. The van der Waals surface area contributed by atoms with Crippen LogP contribution in [0.25, 0.3) is 0 Å². The molecule has 1 saturated heterocycles. The van der Waals surface area contributed by atoms with Gasteiger partial charge in [0.15, 0.2) is 0 Å². The minimum absolute atomic E-state index is 0.130. The number of nitrogens with two attached hydrogens (primary N) is 2. The van der Waals surface area contributed by atoms with Crippen molar-refractivity contribution >= 4 is 33.9 Å². The van der Waals surface area contributed by atoms with Crippen molar-refractivity contribution in [1.82, 2.24) is 0 Å². The quantitative estimate of drug-likeness (QED) is 0.812. The number of rotatable bonds is 3. The van der Waals surface area contributed by atoms with Gasteiger partial charge in [-0.15, -0.1) is 11.3 Å². The maximum absolute atomic E-state index is 11.9. The number of nitrogens with zero attached hydrogens (tertiary/aromatic N) is 1. The summed E-state index contributed by atoms with van der Waals surface area (Å²) < 4.78 is 4.75. The van der Waals surface area contributed by atoms with E-state index in [-0.39, 0.29) is 16.1 Å². The lowest BCUT2D eigenvalue weighted by Gasteiger charge is -2.28. The van der Waals surface area contributed by atoms with E-state index in [0.29, 0.717) is 5.00 Å². The zero-order valence-corrected chi connectivity index (χ0v) is 11.6. The van der Waals surface area contributed by atoms with Gasteiger partial charge in [-0.1, -0.05) is 0 Å². The van der Waals surface area contributed by atoms with E-state index in [2.05, 4.69) is 4.90 Å². The Labute approximate surface area is 115 Å². The summed E-state index contributed by atoms with van der Waals surface area (Å²) in [5.41, 5.74) is 11.6. The lowest BCUT2D eigenvalue weighted by atomic mass is 10.1. The number of carbonyl (C=O) groups excluding carboxylic acids is 2. The van der Waals surface area contributed by atoms with Gasteiger partial charge in [-0.25, -0.2) is 4.79 Å². The molecule has 0 radical (unpaired) electrons. The topological polar surface area (TPSA) is 98.6 Å². The molecule has 0 aliphatic carbocycles. The third kappa shape index (κ3) is 2.51. The van der Waals surface area contributed by atoms with Gasteiger partial charge < -0.3 is 21.1 Å². The van der Waals surface area contributed by atoms with Crippen molar-refractivity contribution in [2.45, 2.75) is 19.3 Å². The monoisotopic (exact) mass is 283 g/mol. The van der Waals surface area contributed by atoms with Crippen molar-refractivity contribution in [3.05, 3.63) is 10.4 Å². The fourth-order valence-corrected chi connectivity index (χ4v) is 3.35. The van der Waals surface area contributed by atoms with Crippen LogP contribution >= 0.6 is 11.3 Å². The van der Waals surface area contributed by atoms with E-state index in [1.807, 2.05) is 0 Å². The molecule has 0 unspecified atom stereocenters. The molecule has 6 nitrogen and oxygen atoms in total. The maximum atomic E-state index is 11.9. The highest BCUT2D eigenvalue weighted by Crippen LogP contribution is 2.39. The molecule has 0 spiro atoms. The summed E-state index contributed by atoms with van der Waals surface area (Å²) in [6, 6.07) is 0. The van der Waals surface area contributed by atoms with Crippen LogP contribution in [0.5, 0.6) is 0 Å². The maximum Gasteiger partial charge on any atom is 0.343 e. The van der Waals surface area contributed by atoms with Gasteiger partial charge >= 0.3 is 5.97 Å². The summed E-state index contributed by atoms with van der Waals surface area (Å²) in [5.74, 6) is -1.14. The fourth-order valence-electron chi connectivity index (χ4n) is 2.23. The van der Waals surface area contributed by atoms with Gasteiger partial charge in [-0.3, -0.25) is 4.79 Å². The van der Waals surface area contributed by atoms with Gasteiger partial charge in [0.1, 0.15) is 15.4 Å². The van der Waals surface area contributed by atoms with E-state index in [9.17, 15) is 9.59 Å². The summed E-state index contributed by atoms with van der Waals surface area (Å²) >= 11 is 1.17. The molecule has 104 valence electrons. The Kier molecular flexibility index (Phi) is 3.94. The van der Waals surface area contributed by atoms with Crippen molar-refractivity contribution in [3.8, 4) is 0 Å². The molecule has 1 aliphatic heterocycles.